The molecular formula is C10H18N4. The van der Waals surface area contributed by atoms with Crippen LogP contribution in [0.2, 0.25) is 0 Å². The van der Waals surface area contributed by atoms with E-state index in [-0.39, 0.29) is 0 Å². The quantitative estimate of drug-likeness (QED) is 0.594. The van der Waals surface area contributed by atoms with Gasteiger partial charge in [0, 0.05) is 18.1 Å². The molecule has 78 valence electrons. The van der Waals surface area contributed by atoms with Gasteiger partial charge in [-0.1, -0.05) is 20.8 Å². The molecule has 4 heteroatoms. The highest BCUT2D eigenvalue weighted by atomic mass is 15.3. The van der Waals surface area contributed by atoms with Crippen LogP contribution in [-0.2, 0) is 0 Å². The number of hydrazone groups is 1. The molecule has 0 atom stereocenters. The summed E-state index contributed by atoms with van der Waals surface area (Å²) in [4.78, 5) is 7.90. The maximum absolute atomic E-state index is 4.08. The van der Waals surface area contributed by atoms with Gasteiger partial charge in [0.05, 0.1) is 6.20 Å². The zero-order valence-corrected chi connectivity index (χ0v) is 9.28. The second kappa shape index (κ2) is 8.16. The first kappa shape index (κ1) is 12.6. The Morgan fingerprint density at radius 3 is 2.64 bits per heavy atom. The molecule has 0 aliphatic carbocycles. The van der Waals surface area contributed by atoms with E-state index in [2.05, 4.69) is 27.4 Å². The second-order valence-electron chi connectivity index (χ2n) is 2.40. The molecule has 0 amide bonds. The number of nitrogens with zero attached hydrogens (tertiary/aromatic N) is 3. The molecule has 0 aromatic carbocycles. The second-order valence-corrected chi connectivity index (χ2v) is 2.40. The summed E-state index contributed by atoms with van der Waals surface area (Å²) in [6.07, 6.45) is 5.82. The van der Waals surface area contributed by atoms with E-state index in [1.165, 1.54) is 0 Å². The molecule has 1 N–H and O–H groups in total. The molecule has 0 saturated carbocycles. The van der Waals surface area contributed by atoms with E-state index in [0.29, 0.717) is 5.82 Å². The lowest BCUT2D eigenvalue weighted by molar-refractivity contribution is 1.14. The number of aromatic nitrogens is 2. The van der Waals surface area contributed by atoms with E-state index < -0.39 is 0 Å². The first-order valence-electron chi connectivity index (χ1n) is 4.88. The molecule has 1 heterocycles. The summed E-state index contributed by atoms with van der Waals surface area (Å²) in [5.74, 6) is 0.672. The highest BCUT2D eigenvalue weighted by Gasteiger charge is 1.88. The molecule has 0 unspecified atom stereocenters. The molecule has 0 aliphatic heterocycles. The third-order valence-corrected chi connectivity index (χ3v) is 1.44. The molecule has 0 aliphatic rings. The topological polar surface area (TPSA) is 50.2 Å². The molecule has 1 aromatic rings. The highest BCUT2D eigenvalue weighted by Crippen LogP contribution is 1.96. The van der Waals surface area contributed by atoms with Gasteiger partial charge in [-0.2, -0.15) is 5.10 Å². The van der Waals surface area contributed by atoms with Crippen LogP contribution in [0.5, 0.6) is 0 Å². The van der Waals surface area contributed by atoms with Gasteiger partial charge in [0.15, 0.2) is 5.82 Å². The van der Waals surface area contributed by atoms with Gasteiger partial charge >= 0.3 is 0 Å². The summed E-state index contributed by atoms with van der Waals surface area (Å²) < 4.78 is 0. The fraction of sp³-hybridized carbons (Fsp3) is 0.500. The van der Waals surface area contributed by atoms with Crippen LogP contribution in [0.15, 0.2) is 23.7 Å². The predicted molar refractivity (Wildman–Crippen MR) is 60.4 cm³/mol. The Morgan fingerprint density at radius 2 is 2.14 bits per heavy atom. The molecule has 1 aromatic heterocycles. The number of hydrogen-bond acceptors (Lipinski definition) is 4. The standard InChI is InChI=1S/C8H12N4.C2H6/c1-3-7(2)11-12-8-6-9-4-5-10-8;1-2/h4-6H,3H2,1-2H3,(H,10,12);1-2H3/b11-7-;. The Bertz CT molecular complexity index is 256. The largest absolute Gasteiger partial charge is 0.260 e. The lowest BCUT2D eigenvalue weighted by atomic mass is 10.3. The Hall–Kier alpha value is -1.45. The van der Waals surface area contributed by atoms with Crippen molar-refractivity contribution in [2.45, 2.75) is 34.1 Å². The van der Waals surface area contributed by atoms with Crippen LogP contribution in [-0.4, -0.2) is 15.7 Å². The molecule has 0 spiro atoms. The van der Waals surface area contributed by atoms with Crippen LogP contribution >= 0.6 is 0 Å². The van der Waals surface area contributed by atoms with Crippen molar-refractivity contribution in [1.82, 2.24) is 9.97 Å². The minimum Gasteiger partial charge on any atom is -0.260 e. The zero-order valence-electron chi connectivity index (χ0n) is 9.28. The molecule has 0 radical (unpaired) electrons. The average Bonchev–Trinajstić information content (AvgIpc) is 2.30. The van der Waals surface area contributed by atoms with Gasteiger partial charge in [-0.3, -0.25) is 10.4 Å². The summed E-state index contributed by atoms with van der Waals surface area (Å²) in [7, 11) is 0. The fourth-order valence-corrected chi connectivity index (χ4v) is 0.589. The van der Waals surface area contributed by atoms with Crippen molar-refractivity contribution < 1.29 is 0 Å². The van der Waals surface area contributed by atoms with Crippen molar-refractivity contribution in [3.63, 3.8) is 0 Å². The Kier molecular flexibility index (Phi) is 7.32. The van der Waals surface area contributed by atoms with E-state index in [9.17, 15) is 0 Å². The third-order valence-electron chi connectivity index (χ3n) is 1.44. The van der Waals surface area contributed by atoms with Crippen LogP contribution in [0.1, 0.15) is 34.1 Å². The van der Waals surface area contributed by atoms with Crippen molar-refractivity contribution in [3.8, 4) is 0 Å². The van der Waals surface area contributed by atoms with Gasteiger partial charge < -0.3 is 0 Å². The van der Waals surface area contributed by atoms with Crippen LogP contribution < -0.4 is 5.43 Å². The van der Waals surface area contributed by atoms with Crippen molar-refractivity contribution >= 4 is 11.5 Å². The minimum absolute atomic E-state index is 0.672. The lowest BCUT2D eigenvalue weighted by Crippen LogP contribution is -1.97. The van der Waals surface area contributed by atoms with E-state index in [1.54, 1.807) is 18.6 Å². The van der Waals surface area contributed by atoms with Crippen molar-refractivity contribution in [2.24, 2.45) is 5.10 Å². The number of anilines is 1. The molecule has 0 bridgehead atoms. The lowest BCUT2D eigenvalue weighted by Gasteiger charge is -1.98. The normalized spacial score (nSPS) is 10.1. The SMILES string of the molecule is CC.CC/C(C)=N\Nc1cnccn1. The zero-order chi connectivity index (χ0) is 10.8. The first-order valence-corrected chi connectivity index (χ1v) is 4.88. The van der Waals surface area contributed by atoms with Gasteiger partial charge in [0.25, 0.3) is 0 Å². The first-order chi connectivity index (χ1) is 6.83. The van der Waals surface area contributed by atoms with Crippen LogP contribution in [0.4, 0.5) is 5.82 Å². The van der Waals surface area contributed by atoms with Crippen LogP contribution in [0, 0.1) is 0 Å². The Morgan fingerprint density at radius 1 is 1.43 bits per heavy atom. The van der Waals surface area contributed by atoms with Crippen molar-refractivity contribution in [3.05, 3.63) is 18.6 Å². The maximum atomic E-state index is 4.08. The van der Waals surface area contributed by atoms with Gasteiger partial charge in [0.1, 0.15) is 0 Å². The van der Waals surface area contributed by atoms with Crippen LogP contribution in [0.25, 0.3) is 0 Å². The van der Waals surface area contributed by atoms with Crippen molar-refractivity contribution in [1.29, 1.82) is 0 Å². The van der Waals surface area contributed by atoms with Crippen molar-refractivity contribution in [2.75, 3.05) is 5.43 Å². The molecule has 0 saturated heterocycles. The fourth-order valence-electron chi connectivity index (χ4n) is 0.589. The Labute approximate surface area is 85.5 Å². The van der Waals surface area contributed by atoms with E-state index in [1.807, 2.05) is 20.8 Å². The summed E-state index contributed by atoms with van der Waals surface area (Å²) in [5, 5.41) is 4.08. The maximum Gasteiger partial charge on any atom is 0.164 e. The number of rotatable bonds is 3. The Balaban J connectivity index is 0.000000791. The molecule has 1 rings (SSSR count). The summed E-state index contributed by atoms with van der Waals surface area (Å²) >= 11 is 0. The van der Waals surface area contributed by atoms with Gasteiger partial charge in [-0.05, 0) is 13.3 Å². The monoisotopic (exact) mass is 194 g/mol. The van der Waals surface area contributed by atoms with Crippen LogP contribution in [0.3, 0.4) is 0 Å². The van der Waals surface area contributed by atoms with E-state index in [0.717, 1.165) is 12.1 Å². The number of nitrogens with one attached hydrogen (secondary N) is 1. The summed E-state index contributed by atoms with van der Waals surface area (Å²) in [6, 6.07) is 0. The summed E-state index contributed by atoms with van der Waals surface area (Å²) in [6.45, 7) is 8.01. The molecule has 14 heavy (non-hydrogen) atoms. The predicted octanol–water partition coefficient (Wildman–Crippen LogP) is 2.70. The third kappa shape index (κ3) is 5.24. The average molecular weight is 194 g/mol. The van der Waals surface area contributed by atoms with Gasteiger partial charge in [-0.25, -0.2) is 4.98 Å². The summed E-state index contributed by atoms with van der Waals surface area (Å²) in [5.41, 5.74) is 3.85. The molecule has 4 nitrogen and oxygen atoms in total. The smallest absolute Gasteiger partial charge is 0.164 e. The van der Waals surface area contributed by atoms with Gasteiger partial charge in [-0.15, -0.1) is 0 Å². The molecular weight excluding hydrogens is 176 g/mol. The number of hydrogen-bond donors (Lipinski definition) is 1. The van der Waals surface area contributed by atoms with Gasteiger partial charge in [0.2, 0.25) is 0 Å². The molecule has 0 fully saturated rings. The minimum atomic E-state index is 0.672. The van der Waals surface area contributed by atoms with E-state index >= 15 is 0 Å². The highest BCUT2D eigenvalue weighted by molar-refractivity contribution is 5.82. The van der Waals surface area contributed by atoms with E-state index in [4.69, 9.17) is 0 Å².